The summed E-state index contributed by atoms with van der Waals surface area (Å²) in [7, 11) is 0. The van der Waals surface area contributed by atoms with Crippen LogP contribution in [0.25, 0.3) is 5.00 Å². The summed E-state index contributed by atoms with van der Waals surface area (Å²) >= 11 is 1.74. The largest absolute Gasteiger partial charge is 0.375 e. The first-order chi connectivity index (χ1) is 6.36. The molecule has 0 saturated heterocycles. The summed E-state index contributed by atoms with van der Waals surface area (Å²) < 4.78 is 2.15. The second kappa shape index (κ2) is 2.35. The van der Waals surface area contributed by atoms with E-state index < -0.39 is 0 Å². The van der Waals surface area contributed by atoms with E-state index in [1.165, 1.54) is 16.4 Å². The Labute approximate surface area is 80.0 Å². The van der Waals surface area contributed by atoms with Crippen LogP contribution >= 0.6 is 11.3 Å². The van der Waals surface area contributed by atoms with Gasteiger partial charge in [0, 0.05) is 0 Å². The van der Waals surface area contributed by atoms with Gasteiger partial charge in [0.2, 0.25) is 0 Å². The number of anilines is 1. The zero-order chi connectivity index (χ0) is 8.84. The molecule has 0 amide bonds. The summed E-state index contributed by atoms with van der Waals surface area (Å²) in [5.74, 6) is 0. The molecule has 1 aliphatic rings. The quantitative estimate of drug-likeness (QED) is 0.693. The van der Waals surface area contributed by atoms with Crippen molar-refractivity contribution in [2.24, 2.45) is 0 Å². The number of aromatic nitrogens is 2. The Kier molecular flexibility index (Phi) is 1.29. The molecule has 0 aliphatic carbocycles. The van der Waals surface area contributed by atoms with Gasteiger partial charge in [0.15, 0.2) is 0 Å². The van der Waals surface area contributed by atoms with E-state index in [1.54, 1.807) is 11.3 Å². The Hall–Kier alpha value is -1.29. The third-order valence-corrected chi connectivity index (χ3v) is 3.26. The normalized spacial score (nSPS) is 19.0. The molecule has 4 heteroatoms. The third kappa shape index (κ3) is 0.862. The van der Waals surface area contributed by atoms with E-state index in [-0.39, 0.29) is 0 Å². The molecule has 1 aliphatic heterocycles. The fourth-order valence-corrected chi connectivity index (χ4v) is 2.55. The van der Waals surface area contributed by atoms with Gasteiger partial charge in [-0.25, -0.2) is 4.98 Å². The average molecular weight is 191 g/mol. The van der Waals surface area contributed by atoms with Gasteiger partial charge in [0.1, 0.15) is 11.3 Å². The molecule has 1 atom stereocenters. The first-order valence-corrected chi connectivity index (χ1v) is 5.11. The van der Waals surface area contributed by atoms with Gasteiger partial charge >= 0.3 is 0 Å². The first-order valence-electron chi connectivity index (χ1n) is 4.23. The van der Waals surface area contributed by atoms with Crippen LogP contribution in [0.5, 0.6) is 0 Å². The highest BCUT2D eigenvalue weighted by atomic mass is 32.1. The monoisotopic (exact) mass is 191 g/mol. The fraction of sp³-hybridized carbons (Fsp3) is 0.222. The number of nitrogens with one attached hydrogen (secondary N) is 1. The van der Waals surface area contributed by atoms with Crippen LogP contribution in [-0.2, 0) is 0 Å². The predicted molar refractivity (Wildman–Crippen MR) is 53.5 cm³/mol. The van der Waals surface area contributed by atoms with Gasteiger partial charge in [-0.3, -0.25) is 4.57 Å². The molecular weight excluding hydrogens is 182 g/mol. The Morgan fingerprint density at radius 3 is 3.46 bits per heavy atom. The average Bonchev–Trinajstić information content (AvgIpc) is 2.66. The van der Waals surface area contributed by atoms with Crippen LogP contribution in [0.4, 0.5) is 5.69 Å². The van der Waals surface area contributed by atoms with Gasteiger partial charge in [0.25, 0.3) is 0 Å². The van der Waals surface area contributed by atoms with Gasteiger partial charge in [-0.1, -0.05) is 0 Å². The predicted octanol–water partition coefficient (Wildman–Crippen LogP) is 2.42. The molecule has 3 nitrogen and oxygen atoms in total. The number of fused-ring (bicyclic) bond motifs is 3. The first kappa shape index (κ1) is 7.15. The van der Waals surface area contributed by atoms with Gasteiger partial charge in [0.05, 0.1) is 23.6 Å². The summed E-state index contributed by atoms with van der Waals surface area (Å²) in [4.78, 5) is 4.16. The van der Waals surface area contributed by atoms with Gasteiger partial charge in [-0.2, -0.15) is 0 Å². The van der Waals surface area contributed by atoms with Crippen molar-refractivity contribution in [1.29, 1.82) is 0 Å². The maximum atomic E-state index is 4.16. The lowest BCUT2D eigenvalue weighted by Gasteiger charge is -2.22. The SMILES string of the molecule is C[C@@H]1Nc2ccsc2-n2cncc21. The van der Waals surface area contributed by atoms with Gasteiger partial charge < -0.3 is 5.32 Å². The van der Waals surface area contributed by atoms with Crippen LogP contribution in [-0.4, -0.2) is 9.55 Å². The smallest absolute Gasteiger partial charge is 0.124 e. The summed E-state index contributed by atoms with van der Waals surface area (Å²) in [5, 5.41) is 6.77. The molecule has 3 rings (SSSR count). The Morgan fingerprint density at radius 2 is 2.54 bits per heavy atom. The lowest BCUT2D eigenvalue weighted by molar-refractivity contribution is 0.782. The molecule has 2 aromatic rings. The Bertz CT molecular complexity index is 443. The molecule has 0 radical (unpaired) electrons. The molecule has 0 unspecified atom stereocenters. The molecule has 0 fully saturated rings. The van der Waals surface area contributed by atoms with Crippen molar-refractivity contribution in [2.75, 3.05) is 5.32 Å². The minimum Gasteiger partial charge on any atom is -0.375 e. The zero-order valence-corrected chi connectivity index (χ0v) is 8.01. The van der Waals surface area contributed by atoms with Crippen molar-refractivity contribution < 1.29 is 0 Å². The third-order valence-electron chi connectivity index (χ3n) is 2.35. The number of thiophene rings is 1. The minimum absolute atomic E-state index is 0.351. The maximum absolute atomic E-state index is 4.16. The highest BCUT2D eigenvalue weighted by molar-refractivity contribution is 7.13. The number of imidazole rings is 1. The zero-order valence-electron chi connectivity index (χ0n) is 7.19. The maximum Gasteiger partial charge on any atom is 0.124 e. The number of nitrogens with zero attached hydrogens (tertiary/aromatic N) is 2. The molecule has 0 spiro atoms. The van der Waals surface area contributed by atoms with Gasteiger partial charge in [-0.05, 0) is 18.4 Å². The number of hydrogen-bond acceptors (Lipinski definition) is 3. The second-order valence-electron chi connectivity index (χ2n) is 3.19. The van der Waals surface area contributed by atoms with Gasteiger partial charge in [-0.15, -0.1) is 11.3 Å². The Morgan fingerprint density at radius 1 is 1.62 bits per heavy atom. The summed E-state index contributed by atoms with van der Waals surface area (Å²) in [5.41, 5.74) is 2.44. The molecule has 0 bridgehead atoms. The van der Waals surface area contributed by atoms with Crippen molar-refractivity contribution in [1.82, 2.24) is 9.55 Å². The minimum atomic E-state index is 0.351. The standard InChI is InChI=1S/C9H9N3S/c1-6-8-4-10-5-12(8)9-7(11-6)2-3-13-9/h2-6,11H,1H3/t6-/m0/s1. The van der Waals surface area contributed by atoms with Crippen molar-refractivity contribution in [3.8, 4) is 5.00 Å². The molecule has 0 saturated carbocycles. The van der Waals surface area contributed by atoms with E-state index in [0.717, 1.165) is 0 Å². The molecule has 3 heterocycles. The van der Waals surface area contributed by atoms with E-state index in [2.05, 4.69) is 33.2 Å². The Balaban J connectivity index is 2.30. The van der Waals surface area contributed by atoms with Crippen molar-refractivity contribution in [3.63, 3.8) is 0 Å². The van der Waals surface area contributed by atoms with Crippen LogP contribution in [0.15, 0.2) is 24.0 Å². The molecule has 1 N–H and O–H groups in total. The highest BCUT2D eigenvalue weighted by Crippen LogP contribution is 2.35. The van der Waals surface area contributed by atoms with Crippen LogP contribution in [0.1, 0.15) is 18.7 Å². The molecule has 66 valence electrons. The van der Waals surface area contributed by atoms with E-state index in [4.69, 9.17) is 0 Å². The van der Waals surface area contributed by atoms with E-state index >= 15 is 0 Å². The van der Waals surface area contributed by atoms with Crippen molar-refractivity contribution in [3.05, 3.63) is 29.7 Å². The van der Waals surface area contributed by atoms with Crippen molar-refractivity contribution >= 4 is 17.0 Å². The number of rotatable bonds is 0. The fourth-order valence-electron chi connectivity index (χ4n) is 1.70. The molecular formula is C9H9N3S. The van der Waals surface area contributed by atoms with Crippen LogP contribution in [0.2, 0.25) is 0 Å². The second-order valence-corrected chi connectivity index (χ2v) is 4.09. The topological polar surface area (TPSA) is 29.9 Å². The summed E-state index contributed by atoms with van der Waals surface area (Å²) in [6.45, 7) is 2.15. The number of hydrogen-bond donors (Lipinski definition) is 1. The summed E-state index contributed by atoms with van der Waals surface area (Å²) in [6, 6.07) is 2.46. The molecule has 2 aromatic heterocycles. The van der Waals surface area contributed by atoms with E-state index in [9.17, 15) is 0 Å². The lowest BCUT2D eigenvalue weighted by atomic mass is 10.2. The molecule has 0 aromatic carbocycles. The van der Waals surface area contributed by atoms with Crippen molar-refractivity contribution in [2.45, 2.75) is 13.0 Å². The van der Waals surface area contributed by atoms with Crippen LogP contribution in [0.3, 0.4) is 0 Å². The van der Waals surface area contributed by atoms with E-state index in [0.29, 0.717) is 6.04 Å². The summed E-state index contributed by atoms with van der Waals surface area (Å²) in [6.07, 6.45) is 3.79. The van der Waals surface area contributed by atoms with E-state index in [1.807, 2.05) is 12.5 Å². The molecule has 13 heavy (non-hydrogen) atoms. The lowest BCUT2D eigenvalue weighted by Crippen LogP contribution is -2.16. The highest BCUT2D eigenvalue weighted by Gasteiger charge is 2.21. The van der Waals surface area contributed by atoms with Crippen LogP contribution in [0, 0.1) is 0 Å². The van der Waals surface area contributed by atoms with Crippen LogP contribution < -0.4 is 5.32 Å².